The fourth-order valence-corrected chi connectivity index (χ4v) is 3.23. The molecule has 25 heavy (non-hydrogen) atoms. The molecule has 1 aliphatic rings. The lowest BCUT2D eigenvalue weighted by Gasteiger charge is -2.25. The van der Waals surface area contributed by atoms with E-state index in [1.165, 1.54) is 20.0 Å². The minimum atomic E-state index is -0.563. The van der Waals surface area contributed by atoms with E-state index in [1.54, 1.807) is 0 Å². The van der Waals surface area contributed by atoms with Crippen molar-refractivity contribution in [2.75, 3.05) is 33.9 Å². The number of ether oxygens (including phenoxy) is 3. The Balaban J connectivity index is 1.94. The van der Waals surface area contributed by atoms with Gasteiger partial charge in [0.25, 0.3) is 5.91 Å². The predicted molar refractivity (Wildman–Crippen MR) is 97.2 cm³/mol. The van der Waals surface area contributed by atoms with Crippen LogP contribution >= 0.6 is 11.6 Å². The smallest absolute Gasteiger partial charge is 0.255 e. The first-order chi connectivity index (χ1) is 12.0. The molecule has 0 aliphatic carbocycles. The number of rotatable bonds is 9. The number of nitrogens with two attached hydrogens (primary N) is 1. The van der Waals surface area contributed by atoms with Crippen LogP contribution in [0.1, 0.15) is 31.2 Å². The molecule has 1 saturated heterocycles. The van der Waals surface area contributed by atoms with Crippen LogP contribution in [-0.2, 0) is 16.1 Å². The Morgan fingerprint density at radius 3 is 2.88 bits per heavy atom. The molecule has 1 heterocycles. The number of amides is 1. The molecule has 1 aromatic rings. The third kappa shape index (κ3) is 6.38. The van der Waals surface area contributed by atoms with Gasteiger partial charge in [-0.2, -0.15) is 0 Å². The molecule has 6 nitrogen and oxygen atoms in total. The van der Waals surface area contributed by atoms with Gasteiger partial charge in [-0.05, 0) is 50.4 Å². The Labute approximate surface area is 154 Å². The van der Waals surface area contributed by atoms with Crippen molar-refractivity contribution < 1.29 is 19.0 Å². The lowest BCUT2D eigenvalue weighted by molar-refractivity contribution is -0.119. The number of carbonyl (C=O) groups excluding carboxylic acids is 1. The van der Waals surface area contributed by atoms with Crippen molar-refractivity contribution in [1.29, 1.82) is 0 Å². The van der Waals surface area contributed by atoms with Crippen LogP contribution in [0.2, 0.25) is 5.02 Å². The Kier molecular flexibility index (Phi) is 7.81. The lowest BCUT2D eigenvalue weighted by atomic mass is 10.1. The molecule has 1 fully saturated rings. The minimum Gasteiger partial charge on any atom is -0.493 e. The van der Waals surface area contributed by atoms with Gasteiger partial charge in [-0.3, -0.25) is 4.79 Å². The molecular formula is C18H27ClN2O4. The molecule has 0 saturated carbocycles. The maximum atomic E-state index is 10.9. The van der Waals surface area contributed by atoms with Gasteiger partial charge in [-0.1, -0.05) is 11.6 Å². The average molecular weight is 371 g/mol. The van der Waals surface area contributed by atoms with Crippen molar-refractivity contribution in [3.05, 3.63) is 22.7 Å². The molecular weight excluding hydrogens is 344 g/mol. The highest BCUT2D eigenvalue weighted by molar-refractivity contribution is 6.32. The van der Waals surface area contributed by atoms with Crippen molar-refractivity contribution in [3.63, 3.8) is 0 Å². The van der Waals surface area contributed by atoms with Gasteiger partial charge in [0, 0.05) is 19.7 Å². The van der Waals surface area contributed by atoms with Gasteiger partial charge in [0.05, 0.1) is 18.2 Å². The summed E-state index contributed by atoms with van der Waals surface area (Å²) in [7, 11) is 3.61. The highest BCUT2D eigenvalue weighted by Gasteiger charge is 2.16. The van der Waals surface area contributed by atoms with E-state index in [0.717, 1.165) is 38.1 Å². The van der Waals surface area contributed by atoms with Gasteiger partial charge in [-0.25, -0.2) is 0 Å². The van der Waals surface area contributed by atoms with Crippen LogP contribution in [0.4, 0.5) is 0 Å². The molecule has 1 atom stereocenters. The monoisotopic (exact) mass is 370 g/mol. The Morgan fingerprint density at radius 1 is 1.44 bits per heavy atom. The summed E-state index contributed by atoms with van der Waals surface area (Å²) in [6, 6.07) is 3.70. The standard InChI is InChI=1S/C18H27ClN2O4/c1-21(7-6-14-5-3-4-8-24-14)11-13-9-15(19)18(16(10-13)23-2)25-12-17(20)22/h9-10,14H,3-8,11-12H2,1-2H3,(H2,20,22). The normalized spacial score (nSPS) is 17.5. The molecule has 2 rings (SSSR count). The molecule has 140 valence electrons. The van der Waals surface area contributed by atoms with Crippen LogP contribution in [-0.4, -0.2) is 50.8 Å². The second-order valence-electron chi connectivity index (χ2n) is 6.38. The van der Waals surface area contributed by atoms with Crippen LogP contribution < -0.4 is 15.2 Å². The summed E-state index contributed by atoms with van der Waals surface area (Å²) in [6.07, 6.45) is 4.99. The maximum absolute atomic E-state index is 10.9. The fourth-order valence-electron chi connectivity index (χ4n) is 2.94. The molecule has 0 radical (unpaired) electrons. The van der Waals surface area contributed by atoms with Crippen molar-refractivity contribution in [2.24, 2.45) is 5.73 Å². The number of nitrogens with zero attached hydrogens (tertiary/aromatic N) is 1. The predicted octanol–water partition coefficient (Wildman–Crippen LogP) is 2.60. The number of primary amides is 1. The van der Waals surface area contributed by atoms with E-state index in [-0.39, 0.29) is 6.61 Å². The average Bonchev–Trinajstić information content (AvgIpc) is 2.59. The van der Waals surface area contributed by atoms with Gasteiger partial charge in [0.15, 0.2) is 18.1 Å². The van der Waals surface area contributed by atoms with Gasteiger partial charge >= 0.3 is 0 Å². The zero-order valence-corrected chi connectivity index (χ0v) is 15.7. The largest absolute Gasteiger partial charge is 0.493 e. The molecule has 0 aromatic heterocycles. The van der Waals surface area contributed by atoms with Crippen LogP contribution in [0.15, 0.2) is 12.1 Å². The molecule has 1 unspecified atom stereocenters. The van der Waals surface area contributed by atoms with E-state index in [2.05, 4.69) is 11.9 Å². The molecule has 2 N–H and O–H groups in total. The first-order valence-electron chi connectivity index (χ1n) is 8.57. The Bertz CT molecular complexity index is 576. The highest BCUT2D eigenvalue weighted by Crippen LogP contribution is 2.36. The zero-order valence-electron chi connectivity index (χ0n) is 14.9. The van der Waals surface area contributed by atoms with Crippen molar-refractivity contribution in [3.8, 4) is 11.5 Å². The second kappa shape index (κ2) is 9.85. The van der Waals surface area contributed by atoms with Crippen molar-refractivity contribution >= 4 is 17.5 Å². The summed E-state index contributed by atoms with van der Waals surface area (Å²) in [5.74, 6) is 0.268. The first-order valence-corrected chi connectivity index (χ1v) is 8.95. The molecule has 1 aromatic carbocycles. The number of methoxy groups -OCH3 is 1. The van der Waals surface area contributed by atoms with Crippen LogP contribution in [0.3, 0.4) is 0 Å². The molecule has 0 bridgehead atoms. The van der Waals surface area contributed by atoms with Gasteiger partial charge in [-0.15, -0.1) is 0 Å². The SMILES string of the molecule is COc1cc(CN(C)CCC2CCCCO2)cc(Cl)c1OCC(N)=O. The van der Waals surface area contributed by atoms with Crippen molar-refractivity contribution in [1.82, 2.24) is 4.90 Å². The summed E-state index contributed by atoms with van der Waals surface area (Å²) in [6.45, 7) is 2.33. The van der Waals surface area contributed by atoms with E-state index in [1.807, 2.05) is 12.1 Å². The number of hydrogen-bond donors (Lipinski definition) is 1. The molecule has 7 heteroatoms. The summed E-state index contributed by atoms with van der Waals surface area (Å²) in [4.78, 5) is 13.1. The van der Waals surface area contributed by atoms with Gasteiger partial charge < -0.3 is 24.8 Å². The molecule has 1 amide bonds. The highest BCUT2D eigenvalue weighted by atomic mass is 35.5. The summed E-state index contributed by atoms with van der Waals surface area (Å²) in [5, 5.41) is 0.402. The van der Waals surface area contributed by atoms with Crippen LogP contribution in [0.25, 0.3) is 0 Å². The summed E-state index contributed by atoms with van der Waals surface area (Å²) in [5.41, 5.74) is 6.12. The number of halogens is 1. The van der Waals surface area contributed by atoms with E-state index >= 15 is 0 Å². The minimum absolute atomic E-state index is 0.239. The van der Waals surface area contributed by atoms with Crippen LogP contribution in [0.5, 0.6) is 11.5 Å². The van der Waals surface area contributed by atoms with E-state index < -0.39 is 5.91 Å². The third-order valence-corrected chi connectivity index (χ3v) is 4.49. The topological polar surface area (TPSA) is 74.0 Å². The third-order valence-electron chi connectivity index (χ3n) is 4.21. The first kappa shape index (κ1) is 19.8. The molecule has 0 spiro atoms. The van der Waals surface area contributed by atoms with Gasteiger partial charge in [0.2, 0.25) is 0 Å². The van der Waals surface area contributed by atoms with E-state index in [0.29, 0.717) is 22.6 Å². The lowest BCUT2D eigenvalue weighted by Crippen LogP contribution is -2.26. The number of benzene rings is 1. The quantitative estimate of drug-likeness (QED) is 0.723. The van der Waals surface area contributed by atoms with Crippen LogP contribution in [0, 0.1) is 0 Å². The van der Waals surface area contributed by atoms with E-state index in [4.69, 9.17) is 31.5 Å². The summed E-state index contributed by atoms with van der Waals surface area (Å²) < 4.78 is 16.5. The Morgan fingerprint density at radius 2 is 2.24 bits per heavy atom. The zero-order chi connectivity index (χ0) is 18.2. The second-order valence-corrected chi connectivity index (χ2v) is 6.79. The number of hydrogen-bond acceptors (Lipinski definition) is 5. The van der Waals surface area contributed by atoms with Crippen molar-refractivity contribution in [2.45, 2.75) is 38.3 Å². The van der Waals surface area contributed by atoms with Gasteiger partial charge in [0.1, 0.15) is 0 Å². The fraction of sp³-hybridized carbons (Fsp3) is 0.611. The van der Waals surface area contributed by atoms with E-state index in [9.17, 15) is 4.79 Å². The molecule has 1 aliphatic heterocycles. The Hall–Kier alpha value is -1.50. The maximum Gasteiger partial charge on any atom is 0.255 e. The number of carbonyl (C=O) groups is 1. The summed E-state index contributed by atoms with van der Waals surface area (Å²) >= 11 is 6.28.